The molecular formula is C22H28N4O4S. The Labute approximate surface area is 183 Å². The van der Waals surface area contributed by atoms with Gasteiger partial charge in [0.05, 0.1) is 9.82 Å². The molecule has 2 fully saturated rings. The predicted octanol–water partition coefficient (Wildman–Crippen LogP) is 3.84. The minimum absolute atomic E-state index is 0.0173. The second kappa shape index (κ2) is 9.32. The summed E-state index contributed by atoms with van der Waals surface area (Å²) < 4.78 is 28.6. The molecule has 1 atom stereocenters. The van der Waals surface area contributed by atoms with Crippen molar-refractivity contribution >= 4 is 21.5 Å². The first kappa shape index (κ1) is 21.7. The molecule has 9 heteroatoms. The molecule has 2 aliphatic heterocycles. The second-order valence-electron chi connectivity index (χ2n) is 8.27. The van der Waals surface area contributed by atoms with Crippen molar-refractivity contribution in [1.29, 1.82) is 0 Å². The highest BCUT2D eigenvalue weighted by atomic mass is 32.2. The van der Waals surface area contributed by atoms with E-state index in [-0.39, 0.29) is 17.6 Å². The van der Waals surface area contributed by atoms with Gasteiger partial charge in [-0.1, -0.05) is 31.0 Å². The van der Waals surface area contributed by atoms with Gasteiger partial charge in [-0.3, -0.25) is 10.1 Å². The van der Waals surface area contributed by atoms with Gasteiger partial charge in [0.2, 0.25) is 15.8 Å². The number of hydrogen-bond acceptors (Lipinski definition) is 6. The van der Waals surface area contributed by atoms with Gasteiger partial charge in [0.15, 0.2) is 0 Å². The van der Waals surface area contributed by atoms with E-state index in [0.717, 1.165) is 38.5 Å². The summed E-state index contributed by atoms with van der Waals surface area (Å²) in [7, 11) is -3.55. The summed E-state index contributed by atoms with van der Waals surface area (Å²) in [6, 6.07) is 11.7. The molecule has 0 aliphatic carbocycles. The molecular weight excluding hydrogens is 416 g/mol. The van der Waals surface area contributed by atoms with Crippen LogP contribution in [0.1, 0.15) is 38.5 Å². The molecule has 2 aliphatic rings. The van der Waals surface area contributed by atoms with Gasteiger partial charge >= 0.3 is 5.69 Å². The maximum atomic E-state index is 13.4. The maximum absolute atomic E-state index is 13.4. The average Bonchev–Trinajstić information content (AvgIpc) is 3.06. The molecule has 166 valence electrons. The van der Waals surface area contributed by atoms with E-state index in [1.165, 1.54) is 6.07 Å². The third kappa shape index (κ3) is 4.57. The van der Waals surface area contributed by atoms with Gasteiger partial charge in [-0.05, 0) is 49.8 Å². The van der Waals surface area contributed by atoms with E-state index in [1.54, 1.807) is 40.8 Å². The largest absolute Gasteiger partial charge is 0.351 e. The zero-order chi connectivity index (χ0) is 21.8. The predicted molar refractivity (Wildman–Crippen MR) is 118 cm³/mol. The number of sulfonamides is 1. The first-order valence-electron chi connectivity index (χ1n) is 10.9. The number of anilines is 1. The van der Waals surface area contributed by atoms with Gasteiger partial charge in [-0.25, -0.2) is 13.4 Å². The molecule has 0 unspecified atom stereocenters. The standard InChI is InChI=1S/C22H28N4O4S/c27-26(28)21-11-7-14-23-22(21)24-16-12-18(13-17-24)20-10-5-2-6-15-25(20)31(29,30)19-8-3-1-4-9-19/h1,3-4,7-9,11,14,18,20H,2,5-6,10,12-13,15-17H2/t20-/m0/s1. The summed E-state index contributed by atoms with van der Waals surface area (Å²) in [5.41, 5.74) is 0.0173. The van der Waals surface area contributed by atoms with E-state index in [1.807, 2.05) is 11.0 Å². The normalized spacial score (nSPS) is 21.5. The fourth-order valence-electron chi connectivity index (χ4n) is 4.88. The number of pyridine rings is 1. The molecule has 2 saturated heterocycles. The lowest BCUT2D eigenvalue weighted by atomic mass is 9.87. The molecule has 0 amide bonds. The van der Waals surface area contributed by atoms with Crippen molar-refractivity contribution in [2.24, 2.45) is 5.92 Å². The van der Waals surface area contributed by atoms with Gasteiger partial charge in [0.25, 0.3) is 0 Å². The molecule has 0 bridgehead atoms. The zero-order valence-electron chi connectivity index (χ0n) is 17.5. The van der Waals surface area contributed by atoms with Crippen LogP contribution in [0.3, 0.4) is 0 Å². The lowest BCUT2D eigenvalue weighted by Gasteiger charge is -2.40. The number of piperidine rings is 1. The lowest BCUT2D eigenvalue weighted by molar-refractivity contribution is -0.384. The molecule has 2 aromatic rings. The smallest absolute Gasteiger partial charge is 0.311 e. The van der Waals surface area contributed by atoms with E-state index in [4.69, 9.17) is 0 Å². The third-order valence-electron chi connectivity index (χ3n) is 6.44. The van der Waals surface area contributed by atoms with Crippen molar-refractivity contribution in [2.45, 2.75) is 49.5 Å². The molecule has 4 rings (SSSR count). The van der Waals surface area contributed by atoms with Gasteiger partial charge in [-0.15, -0.1) is 0 Å². The number of nitrogens with zero attached hydrogens (tertiary/aromatic N) is 4. The van der Waals surface area contributed by atoms with Crippen LogP contribution in [0.2, 0.25) is 0 Å². The highest BCUT2D eigenvalue weighted by Gasteiger charge is 2.38. The lowest BCUT2D eigenvalue weighted by Crippen LogP contribution is -2.48. The molecule has 0 spiro atoms. The van der Waals surface area contributed by atoms with E-state index >= 15 is 0 Å². The van der Waals surface area contributed by atoms with Crippen molar-refractivity contribution in [3.63, 3.8) is 0 Å². The van der Waals surface area contributed by atoms with Crippen molar-refractivity contribution in [2.75, 3.05) is 24.5 Å². The van der Waals surface area contributed by atoms with E-state index in [2.05, 4.69) is 4.98 Å². The zero-order valence-corrected chi connectivity index (χ0v) is 18.3. The topological polar surface area (TPSA) is 96.7 Å². The van der Waals surface area contributed by atoms with E-state index in [9.17, 15) is 18.5 Å². The first-order valence-corrected chi connectivity index (χ1v) is 12.3. The molecule has 0 radical (unpaired) electrons. The minimum atomic E-state index is -3.55. The van der Waals surface area contributed by atoms with Crippen molar-refractivity contribution in [1.82, 2.24) is 9.29 Å². The van der Waals surface area contributed by atoms with E-state index < -0.39 is 14.9 Å². The van der Waals surface area contributed by atoms with Crippen LogP contribution < -0.4 is 4.90 Å². The second-order valence-corrected chi connectivity index (χ2v) is 10.2. The molecule has 1 aromatic carbocycles. The maximum Gasteiger partial charge on any atom is 0.311 e. The molecule has 8 nitrogen and oxygen atoms in total. The number of nitro groups is 1. The molecule has 3 heterocycles. The number of hydrogen-bond donors (Lipinski definition) is 0. The monoisotopic (exact) mass is 444 g/mol. The van der Waals surface area contributed by atoms with Gasteiger partial charge < -0.3 is 4.90 Å². The van der Waals surface area contributed by atoms with Gasteiger partial charge in [0.1, 0.15) is 0 Å². The fraction of sp³-hybridized carbons (Fsp3) is 0.500. The summed E-state index contributed by atoms with van der Waals surface area (Å²) in [5.74, 6) is 0.635. The number of benzene rings is 1. The van der Waals surface area contributed by atoms with Gasteiger partial charge in [0, 0.05) is 37.9 Å². The third-order valence-corrected chi connectivity index (χ3v) is 8.38. The van der Waals surface area contributed by atoms with Crippen molar-refractivity contribution < 1.29 is 13.3 Å². The molecule has 0 saturated carbocycles. The Balaban J connectivity index is 1.53. The average molecular weight is 445 g/mol. The van der Waals surface area contributed by atoms with E-state index in [0.29, 0.717) is 30.3 Å². The summed E-state index contributed by atoms with van der Waals surface area (Å²) >= 11 is 0. The molecule has 31 heavy (non-hydrogen) atoms. The highest BCUT2D eigenvalue weighted by molar-refractivity contribution is 7.89. The Hall–Kier alpha value is -2.52. The molecule has 1 aromatic heterocycles. The van der Waals surface area contributed by atoms with Crippen LogP contribution >= 0.6 is 0 Å². The summed E-state index contributed by atoms with van der Waals surface area (Å²) in [4.78, 5) is 17.5. The van der Waals surface area contributed by atoms with Crippen molar-refractivity contribution in [3.05, 3.63) is 58.8 Å². The Morgan fingerprint density at radius 1 is 0.935 bits per heavy atom. The Kier molecular flexibility index (Phi) is 6.52. The first-order chi connectivity index (χ1) is 15.0. The van der Waals surface area contributed by atoms with Crippen molar-refractivity contribution in [3.8, 4) is 0 Å². The quantitative estimate of drug-likeness (QED) is 0.513. The fourth-order valence-corrected chi connectivity index (χ4v) is 6.65. The summed E-state index contributed by atoms with van der Waals surface area (Å²) in [6.45, 7) is 1.82. The van der Waals surface area contributed by atoms with Crippen LogP contribution in [0.25, 0.3) is 0 Å². The Morgan fingerprint density at radius 3 is 2.39 bits per heavy atom. The Bertz CT molecular complexity index is 1010. The van der Waals surface area contributed by atoms with Crippen LogP contribution in [0.5, 0.6) is 0 Å². The van der Waals surface area contributed by atoms with Crippen LogP contribution in [0.4, 0.5) is 11.5 Å². The number of aromatic nitrogens is 1. The summed E-state index contributed by atoms with van der Waals surface area (Å²) in [6.07, 6.45) is 6.96. The van der Waals surface area contributed by atoms with Crippen LogP contribution in [-0.2, 0) is 10.0 Å². The number of rotatable bonds is 5. The molecule has 0 N–H and O–H groups in total. The SMILES string of the molecule is O=[N+]([O-])c1cccnc1N1CCC([C@@H]2CCCCCN2S(=O)(=O)c2ccccc2)CC1. The van der Waals surface area contributed by atoms with Crippen LogP contribution in [0, 0.1) is 16.0 Å². The Morgan fingerprint density at radius 2 is 1.68 bits per heavy atom. The van der Waals surface area contributed by atoms with Gasteiger partial charge in [-0.2, -0.15) is 4.31 Å². The highest BCUT2D eigenvalue weighted by Crippen LogP contribution is 2.35. The summed E-state index contributed by atoms with van der Waals surface area (Å²) in [5, 5.41) is 11.4. The van der Waals surface area contributed by atoms with Crippen LogP contribution in [-0.4, -0.2) is 48.3 Å². The minimum Gasteiger partial charge on any atom is -0.351 e. The van der Waals surface area contributed by atoms with Crippen LogP contribution in [0.15, 0.2) is 53.6 Å².